The predicted molar refractivity (Wildman–Crippen MR) is 94.1 cm³/mol. The first-order valence-corrected chi connectivity index (χ1v) is 9.84. The molecule has 1 atom stereocenters. The van der Waals surface area contributed by atoms with Crippen LogP contribution in [-0.2, 0) is 9.84 Å². The first-order valence-electron chi connectivity index (χ1n) is 8.02. The van der Waals surface area contributed by atoms with Crippen molar-refractivity contribution in [2.45, 2.75) is 40.2 Å². The lowest BCUT2D eigenvalue weighted by Crippen LogP contribution is -2.48. The molecule has 1 aliphatic heterocycles. The number of carbonyl (C=O) groups excluding carboxylic acids is 1. The molecule has 0 bridgehead atoms. The molecule has 1 saturated heterocycles. The van der Waals surface area contributed by atoms with Gasteiger partial charge in [-0.2, -0.15) is 0 Å². The molecule has 2 amide bonds. The lowest BCUT2D eigenvalue weighted by atomic mass is 9.88. The van der Waals surface area contributed by atoms with Crippen LogP contribution in [0, 0.1) is 5.41 Å². The summed E-state index contributed by atoms with van der Waals surface area (Å²) in [7, 11) is 0.854. The Morgan fingerprint density at radius 1 is 1.26 bits per heavy atom. The van der Waals surface area contributed by atoms with Crippen molar-refractivity contribution in [3.63, 3.8) is 0 Å². The number of hydrogen-bond acceptors (Lipinski definition) is 4. The summed E-state index contributed by atoms with van der Waals surface area (Å²) in [4.78, 5) is 16.2. The summed E-state index contributed by atoms with van der Waals surface area (Å²) < 4.78 is 23.4. The van der Waals surface area contributed by atoms with E-state index in [-0.39, 0.29) is 29.0 Å². The lowest BCUT2D eigenvalue weighted by molar-refractivity contribution is 0.176. The van der Waals surface area contributed by atoms with Crippen LogP contribution in [0.4, 0.5) is 4.79 Å². The number of rotatable bonds is 5. The minimum absolute atomic E-state index is 0.0154. The molecule has 0 aromatic heterocycles. The molecular formula is C16H31N3O3S. The molecule has 0 aliphatic carbocycles. The van der Waals surface area contributed by atoms with Crippen LogP contribution in [0.5, 0.6) is 0 Å². The minimum Gasteiger partial charge on any atom is -0.319 e. The SMILES string of the molecule is C/C(=C\NC(=O)N(CCN(C)C)C1CCS(=O)(=O)C1)C(C)(C)C. The van der Waals surface area contributed by atoms with Gasteiger partial charge in [0.15, 0.2) is 9.84 Å². The number of sulfone groups is 1. The van der Waals surface area contributed by atoms with Crippen molar-refractivity contribution in [2.24, 2.45) is 5.41 Å². The second kappa shape index (κ2) is 7.66. The highest BCUT2D eigenvalue weighted by Gasteiger charge is 2.34. The fraction of sp³-hybridized carbons (Fsp3) is 0.812. The van der Waals surface area contributed by atoms with Crippen LogP contribution in [0.25, 0.3) is 0 Å². The number of likely N-dealkylation sites (N-methyl/N-ethyl adjacent to an activating group) is 1. The van der Waals surface area contributed by atoms with Gasteiger partial charge in [-0.25, -0.2) is 13.2 Å². The van der Waals surface area contributed by atoms with E-state index in [2.05, 4.69) is 26.1 Å². The molecule has 0 spiro atoms. The number of amides is 2. The van der Waals surface area contributed by atoms with Crippen LogP contribution in [0.2, 0.25) is 0 Å². The second-order valence-electron chi connectivity index (χ2n) is 7.58. The van der Waals surface area contributed by atoms with Crippen LogP contribution >= 0.6 is 0 Å². The Hall–Kier alpha value is -1.08. The van der Waals surface area contributed by atoms with Gasteiger partial charge in [0.05, 0.1) is 11.5 Å². The molecule has 0 aromatic carbocycles. The Morgan fingerprint density at radius 2 is 1.87 bits per heavy atom. The Kier molecular flexibility index (Phi) is 6.65. The standard InChI is InChI=1S/C16H31N3O3S/c1-13(16(2,3)4)11-17-15(20)19(9-8-18(5)6)14-7-10-23(21,22)12-14/h11,14H,7-10,12H2,1-6H3,(H,17,20)/b13-11+. The van der Waals surface area contributed by atoms with E-state index in [1.807, 2.05) is 25.9 Å². The molecule has 6 nitrogen and oxygen atoms in total. The predicted octanol–water partition coefficient (Wildman–Crippen LogP) is 1.70. The van der Waals surface area contributed by atoms with Gasteiger partial charge in [-0.3, -0.25) is 0 Å². The average Bonchev–Trinajstić information content (AvgIpc) is 2.74. The summed E-state index contributed by atoms with van der Waals surface area (Å²) in [6, 6.07) is -0.458. The van der Waals surface area contributed by atoms with Crippen molar-refractivity contribution >= 4 is 15.9 Å². The number of urea groups is 1. The molecule has 1 unspecified atom stereocenters. The first kappa shape index (κ1) is 20.0. The molecule has 1 aliphatic rings. The highest BCUT2D eigenvalue weighted by atomic mass is 32.2. The zero-order valence-electron chi connectivity index (χ0n) is 15.2. The molecule has 1 N–H and O–H groups in total. The highest BCUT2D eigenvalue weighted by Crippen LogP contribution is 2.23. The first-order chi connectivity index (χ1) is 10.4. The molecule has 0 aromatic rings. The van der Waals surface area contributed by atoms with Crippen LogP contribution in [0.3, 0.4) is 0 Å². The van der Waals surface area contributed by atoms with Gasteiger partial charge in [-0.1, -0.05) is 26.3 Å². The molecule has 1 rings (SSSR count). The minimum atomic E-state index is -3.02. The van der Waals surface area contributed by atoms with Crippen LogP contribution in [-0.4, -0.2) is 69.0 Å². The topological polar surface area (TPSA) is 69.7 Å². The number of nitrogens with zero attached hydrogens (tertiary/aromatic N) is 2. The van der Waals surface area contributed by atoms with E-state index in [4.69, 9.17) is 0 Å². The third kappa shape index (κ3) is 6.51. The average molecular weight is 346 g/mol. The van der Waals surface area contributed by atoms with Gasteiger partial charge in [0, 0.05) is 25.3 Å². The molecule has 134 valence electrons. The second-order valence-corrected chi connectivity index (χ2v) is 9.81. The van der Waals surface area contributed by atoms with Gasteiger partial charge < -0.3 is 15.1 Å². The normalized spacial score (nSPS) is 21.5. The van der Waals surface area contributed by atoms with E-state index in [1.165, 1.54) is 0 Å². The summed E-state index contributed by atoms with van der Waals surface area (Å²) >= 11 is 0. The van der Waals surface area contributed by atoms with Crippen LogP contribution in [0.1, 0.15) is 34.1 Å². The van der Waals surface area contributed by atoms with Crippen LogP contribution < -0.4 is 5.32 Å². The van der Waals surface area contributed by atoms with Gasteiger partial charge in [-0.15, -0.1) is 0 Å². The van der Waals surface area contributed by atoms with Gasteiger partial charge in [0.2, 0.25) is 0 Å². The van der Waals surface area contributed by atoms with Gasteiger partial charge >= 0.3 is 6.03 Å². The van der Waals surface area contributed by atoms with Crippen LogP contribution in [0.15, 0.2) is 11.8 Å². The quantitative estimate of drug-likeness (QED) is 0.823. The number of nitrogens with one attached hydrogen (secondary N) is 1. The van der Waals surface area contributed by atoms with Gasteiger partial charge in [-0.05, 0) is 32.9 Å². The Balaban J connectivity index is 2.81. The molecule has 23 heavy (non-hydrogen) atoms. The molecule has 1 heterocycles. The molecule has 0 radical (unpaired) electrons. The summed E-state index contributed by atoms with van der Waals surface area (Å²) in [5.74, 6) is 0.232. The van der Waals surface area contributed by atoms with E-state index in [0.29, 0.717) is 19.5 Å². The Bertz CT molecular complexity index is 547. The fourth-order valence-corrected chi connectivity index (χ4v) is 3.98. The van der Waals surface area contributed by atoms with Gasteiger partial charge in [0.25, 0.3) is 0 Å². The number of allylic oxidation sites excluding steroid dienone is 1. The third-order valence-corrected chi connectivity index (χ3v) is 6.04. The maximum atomic E-state index is 12.5. The van der Waals surface area contributed by atoms with Gasteiger partial charge in [0.1, 0.15) is 0 Å². The maximum absolute atomic E-state index is 12.5. The molecule has 0 saturated carbocycles. The monoisotopic (exact) mass is 345 g/mol. The number of carbonyl (C=O) groups is 1. The molecule has 1 fully saturated rings. The number of hydrogen-bond donors (Lipinski definition) is 1. The largest absolute Gasteiger partial charge is 0.321 e. The van der Waals surface area contributed by atoms with E-state index >= 15 is 0 Å². The smallest absolute Gasteiger partial charge is 0.319 e. The zero-order chi connectivity index (χ0) is 17.8. The van der Waals surface area contributed by atoms with E-state index < -0.39 is 9.84 Å². The van der Waals surface area contributed by atoms with Crippen molar-refractivity contribution in [1.82, 2.24) is 15.1 Å². The fourth-order valence-electron chi connectivity index (χ4n) is 2.25. The lowest BCUT2D eigenvalue weighted by Gasteiger charge is -2.29. The summed E-state index contributed by atoms with van der Waals surface area (Å²) in [5, 5.41) is 2.83. The van der Waals surface area contributed by atoms with E-state index in [1.54, 1.807) is 11.1 Å². The van der Waals surface area contributed by atoms with Crippen molar-refractivity contribution in [3.05, 3.63) is 11.8 Å². The van der Waals surface area contributed by atoms with Crippen molar-refractivity contribution < 1.29 is 13.2 Å². The summed E-state index contributed by atoms with van der Waals surface area (Å²) in [6.07, 6.45) is 2.25. The van der Waals surface area contributed by atoms with Crippen molar-refractivity contribution in [1.29, 1.82) is 0 Å². The third-order valence-electron chi connectivity index (χ3n) is 4.29. The summed E-state index contributed by atoms with van der Waals surface area (Å²) in [6.45, 7) is 9.44. The molecule has 7 heteroatoms. The van der Waals surface area contributed by atoms with Crippen molar-refractivity contribution in [2.75, 3.05) is 38.7 Å². The highest BCUT2D eigenvalue weighted by molar-refractivity contribution is 7.91. The zero-order valence-corrected chi connectivity index (χ0v) is 16.0. The Morgan fingerprint density at radius 3 is 2.30 bits per heavy atom. The van der Waals surface area contributed by atoms with Crippen molar-refractivity contribution in [3.8, 4) is 0 Å². The van der Waals surface area contributed by atoms with E-state index in [0.717, 1.165) is 5.57 Å². The summed E-state index contributed by atoms with van der Waals surface area (Å²) in [5.41, 5.74) is 1.05. The maximum Gasteiger partial charge on any atom is 0.321 e. The van der Waals surface area contributed by atoms with E-state index in [9.17, 15) is 13.2 Å². The Labute approximate surface area is 140 Å². The molecular weight excluding hydrogens is 314 g/mol.